The molecule has 5 rings (SSSR count). The number of aromatic nitrogens is 5. The number of hydrogen-bond donors (Lipinski definition) is 0. The molecule has 1 fully saturated rings. The monoisotopic (exact) mass is 495 g/mol. The molecule has 0 aliphatic carbocycles. The predicted octanol–water partition coefficient (Wildman–Crippen LogP) is 3.25. The van der Waals surface area contributed by atoms with E-state index in [1.165, 1.54) is 12.3 Å². The van der Waals surface area contributed by atoms with Crippen LogP contribution in [0.5, 0.6) is 5.75 Å². The van der Waals surface area contributed by atoms with Gasteiger partial charge in [0.15, 0.2) is 0 Å². The third kappa shape index (κ3) is 5.16. The summed E-state index contributed by atoms with van der Waals surface area (Å²) in [6.45, 7) is 1.08. The molecule has 0 atom stereocenters. The van der Waals surface area contributed by atoms with Gasteiger partial charge in [-0.05, 0) is 28.9 Å². The van der Waals surface area contributed by atoms with E-state index in [0.717, 1.165) is 11.3 Å². The van der Waals surface area contributed by atoms with Gasteiger partial charge in [0, 0.05) is 33.1 Å². The smallest absolute Gasteiger partial charge is 0.387 e. The minimum atomic E-state index is -2.93. The highest BCUT2D eigenvalue weighted by Crippen LogP contribution is 2.26. The first-order chi connectivity index (χ1) is 17.5. The highest BCUT2D eigenvalue weighted by Gasteiger charge is 2.25. The molecule has 36 heavy (non-hydrogen) atoms. The zero-order valence-corrected chi connectivity index (χ0v) is 19.4. The summed E-state index contributed by atoms with van der Waals surface area (Å²) in [5, 5.41) is 8.57. The van der Waals surface area contributed by atoms with Gasteiger partial charge >= 0.3 is 6.61 Å². The van der Waals surface area contributed by atoms with E-state index in [2.05, 4.69) is 25.0 Å². The Balaban J connectivity index is 1.33. The number of benzene rings is 1. The van der Waals surface area contributed by atoms with Crippen LogP contribution < -0.4 is 9.64 Å². The Morgan fingerprint density at radius 1 is 1.08 bits per heavy atom. The van der Waals surface area contributed by atoms with Crippen molar-refractivity contribution in [3.8, 4) is 28.4 Å². The van der Waals surface area contributed by atoms with Crippen molar-refractivity contribution in [3.05, 3.63) is 60.6 Å². The summed E-state index contributed by atoms with van der Waals surface area (Å²) in [5.74, 6) is 0.915. The second-order valence-electron chi connectivity index (χ2n) is 8.18. The molecule has 10 nitrogen and oxygen atoms in total. The lowest BCUT2D eigenvalue weighted by Gasteiger charge is -2.34. The molecule has 1 saturated heterocycles. The number of pyridine rings is 1. The van der Waals surface area contributed by atoms with Crippen LogP contribution in [0.25, 0.3) is 22.6 Å². The van der Waals surface area contributed by atoms with E-state index in [4.69, 9.17) is 4.52 Å². The number of rotatable bonds is 7. The zero-order chi connectivity index (χ0) is 25.1. The molecule has 4 aromatic rings. The van der Waals surface area contributed by atoms with E-state index in [9.17, 15) is 13.6 Å². The molecule has 12 heteroatoms. The largest absolute Gasteiger partial charge is 0.433 e. The summed E-state index contributed by atoms with van der Waals surface area (Å²) < 4.78 is 36.0. The lowest BCUT2D eigenvalue weighted by molar-refractivity contribution is -0.132. The van der Waals surface area contributed by atoms with Gasteiger partial charge in [-0.15, -0.1) is 0 Å². The van der Waals surface area contributed by atoms with Gasteiger partial charge in [-0.1, -0.05) is 30.3 Å². The topological polar surface area (TPSA) is 102 Å². The number of nitrogens with zero attached hydrogens (tertiary/aromatic N) is 7. The summed E-state index contributed by atoms with van der Waals surface area (Å²) in [7, 11) is 0. The third-order valence-electron chi connectivity index (χ3n) is 5.79. The van der Waals surface area contributed by atoms with Crippen LogP contribution in [0.4, 0.5) is 14.7 Å². The maximum atomic E-state index is 13.2. The van der Waals surface area contributed by atoms with Gasteiger partial charge in [0.25, 0.3) is 5.95 Å². The molecule has 0 radical (unpaired) electrons. The zero-order valence-electron chi connectivity index (χ0n) is 19.4. The average molecular weight is 495 g/mol. The van der Waals surface area contributed by atoms with Crippen molar-refractivity contribution in [1.29, 1.82) is 0 Å². The summed E-state index contributed by atoms with van der Waals surface area (Å²) in [5.41, 5.74) is 2.63. The van der Waals surface area contributed by atoms with E-state index in [-0.39, 0.29) is 18.2 Å². The lowest BCUT2D eigenvalue weighted by Crippen LogP contribution is -2.50. The van der Waals surface area contributed by atoms with Gasteiger partial charge in [-0.2, -0.15) is 18.9 Å². The van der Waals surface area contributed by atoms with Crippen LogP contribution in [-0.2, 0) is 11.3 Å². The Morgan fingerprint density at radius 2 is 1.86 bits per heavy atom. The molecule has 3 aromatic heterocycles. The van der Waals surface area contributed by atoms with Crippen molar-refractivity contribution in [3.63, 3.8) is 0 Å². The van der Waals surface area contributed by atoms with Crippen LogP contribution in [0.3, 0.4) is 0 Å². The fourth-order valence-electron chi connectivity index (χ4n) is 4.01. The van der Waals surface area contributed by atoms with Crippen molar-refractivity contribution in [2.24, 2.45) is 0 Å². The number of aryl methyl sites for hydroxylation is 1. The predicted molar refractivity (Wildman–Crippen MR) is 125 cm³/mol. The number of anilines is 1. The number of piperazine rings is 1. The normalized spacial score (nSPS) is 13.9. The number of ether oxygens (including phenoxy) is 1. The van der Waals surface area contributed by atoms with Crippen LogP contribution >= 0.6 is 0 Å². The Labute approximate surface area is 205 Å². The second-order valence-corrected chi connectivity index (χ2v) is 8.18. The van der Waals surface area contributed by atoms with Crippen molar-refractivity contribution in [1.82, 2.24) is 29.8 Å². The first-order valence-electron chi connectivity index (χ1n) is 11.3. The summed E-state index contributed by atoms with van der Waals surface area (Å²) >= 11 is 0. The van der Waals surface area contributed by atoms with E-state index in [1.807, 2.05) is 41.3 Å². The van der Waals surface area contributed by atoms with Crippen LogP contribution in [-0.4, -0.2) is 68.5 Å². The van der Waals surface area contributed by atoms with Crippen LogP contribution in [0.15, 0.2) is 59.3 Å². The molecule has 1 aliphatic rings. The lowest BCUT2D eigenvalue weighted by atomic mass is 10.1. The number of amides is 1. The standard InChI is InChI=1S/C24H23F2N7O3/c1-16-28-24(30-36-16)32-11-9-31(10-12-32)22(34)15-33-21(17-5-3-2-4-6-17)13-20(29-33)19-8-7-18(14-27-19)35-23(25)26/h2-8,13-14,23H,9-12,15H2,1H3. The number of carbonyl (C=O) groups excluding carboxylic acids is 1. The molecular weight excluding hydrogens is 472 g/mol. The number of alkyl halides is 2. The summed E-state index contributed by atoms with van der Waals surface area (Å²) in [4.78, 5) is 25.4. The molecular formula is C24H23F2N7O3. The molecule has 0 spiro atoms. The molecule has 0 saturated carbocycles. The van der Waals surface area contributed by atoms with E-state index >= 15 is 0 Å². The van der Waals surface area contributed by atoms with Gasteiger partial charge in [-0.25, -0.2) is 0 Å². The minimum Gasteiger partial charge on any atom is -0.433 e. The maximum absolute atomic E-state index is 13.2. The fourth-order valence-corrected chi connectivity index (χ4v) is 4.01. The molecule has 186 valence electrons. The van der Waals surface area contributed by atoms with E-state index < -0.39 is 6.61 Å². The Kier molecular flexibility index (Phi) is 6.56. The second kappa shape index (κ2) is 10.1. The summed E-state index contributed by atoms with van der Waals surface area (Å²) in [6, 6.07) is 14.4. The summed E-state index contributed by atoms with van der Waals surface area (Å²) in [6.07, 6.45) is 1.22. The number of carbonyl (C=O) groups is 1. The molecule has 0 bridgehead atoms. The number of halogens is 2. The van der Waals surface area contributed by atoms with Crippen molar-refractivity contribution in [2.75, 3.05) is 31.1 Å². The molecule has 0 N–H and O–H groups in total. The first kappa shape index (κ1) is 23.4. The molecule has 1 amide bonds. The van der Waals surface area contributed by atoms with Gasteiger partial charge in [-0.3, -0.25) is 14.5 Å². The quantitative estimate of drug-likeness (QED) is 0.385. The van der Waals surface area contributed by atoms with Gasteiger partial charge in [0.1, 0.15) is 18.0 Å². The van der Waals surface area contributed by atoms with Crippen LogP contribution in [0.1, 0.15) is 5.89 Å². The molecule has 4 heterocycles. The molecule has 1 aliphatic heterocycles. The fraction of sp³-hybridized carbons (Fsp3) is 0.292. The van der Waals surface area contributed by atoms with Gasteiger partial charge in [0.05, 0.1) is 17.6 Å². The van der Waals surface area contributed by atoms with E-state index in [0.29, 0.717) is 49.4 Å². The van der Waals surface area contributed by atoms with Crippen molar-refractivity contribution in [2.45, 2.75) is 20.1 Å². The average Bonchev–Trinajstić information content (AvgIpc) is 3.51. The van der Waals surface area contributed by atoms with E-state index in [1.54, 1.807) is 22.6 Å². The Hall–Kier alpha value is -4.35. The maximum Gasteiger partial charge on any atom is 0.387 e. The highest BCUT2D eigenvalue weighted by atomic mass is 19.3. The van der Waals surface area contributed by atoms with Gasteiger partial charge < -0.3 is 19.1 Å². The van der Waals surface area contributed by atoms with Crippen molar-refractivity contribution >= 4 is 11.9 Å². The minimum absolute atomic E-state index is 0.0398. The third-order valence-corrected chi connectivity index (χ3v) is 5.79. The number of hydrogen-bond acceptors (Lipinski definition) is 8. The van der Waals surface area contributed by atoms with Gasteiger partial charge in [0.2, 0.25) is 11.8 Å². The van der Waals surface area contributed by atoms with Crippen molar-refractivity contribution < 1.29 is 22.8 Å². The Bertz CT molecular complexity index is 1320. The van der Waals surface area contributed by atoms with Crippen LogP contribution in [0, 0.1) is 6.92 Å². The molecule has 1 aromatic carbocycles. The first-order valence-corrected chi connectivity index (χ1v) is 11.3. The molecule has 0 unspecified atom stereocenters. The highest BCUT2D eigenvalue weighted by molar-refractivity contribution is 5.78. The Morgan fingerprint density at radius 3 is 2.50 bits per heavy atom. The van der Waals surface area contributed by atoms with Crippen LogP contribution in [0.2, 0.25) is 0 Å². The SMILES string of the molecule is Cc1nc(N2CCN(C(=O)Cn3nc(-c4ccc(OC(F)F)cn4)cc3-c3ccccc3)CC2)no1.